The van der Waals surface area contributed by atoms with Crippen LogP contribution in [0.15, 0.2) is 30.3 Å². The number of aromatic nitrogens is 2. The Bertz CT molecular complexity index is 665. The Morgan fingerprint density at radius 2 is 2.04 bits per heavy atom. The van der Waals surface area contributed by atoms with Crippen molar-refractivity contribution in [2.24, 2.45) is 0 Å². The van der Waals surface area contributed by atoms with Crippen molar-refractivity contribution in [2.75, 3.05) is 18.4 Å². The highest BCUT2D eigenvalue weighted by molar-refractivity contribution is 7.09. The fraction of sp³-hybridized carbons (Fsp3) is 0.500. The maximum atomic E-state index is 12.9. The van der Waals surface area contributed by atoms with Crippen LogP contribution in [0.5, 0.6) is 0 Å². The normalized spacial score (nSPS) is 16.8. The van der Waals surface area contributed by atoms with E-state index in [9.17, 15) is 4.79 Å². The average Bonchev–Trinajstić information content (AvgIpc) is 3.02. The fourth-order valence-corrected chi connectivity index (χ4v) is 3.88. The lowest BCUT2D eigenvalue weighted by molar-refractivity contribution is -0.133. The fourth-order valence-electron chi connectivity index (χ4n) is 3.23. The molecule has 0 unspecified atom stereocenters. The van der Waals surface area contributed by atoms with Gasteiger partial charge < -0.3 is 10.2 Å². The monoisotopic (exact) mass is 344 g/mol. The summed E-state index contributed by atoms with van der Waals surface area (Å²) < 4.78 is 4.20. The van der Waals surface area contributed by atoms with Crippen LogP contribution in [-0.4, -0.2) is 39.3 Å². The van der Waals surface area contributed by atoms with Gasteiger partial charge >= 0.3 is 0 Å². The number of carbonyl (C=O) groups is 1. The van der Waals surface area contributed by atoms with Crippen LogP contribution in [0, 0.1) is 6.92 Å². The van der Waals surface area contributed by atoms with E-state index in [1.807, 2.05) is 30.0 Å². The van der Waals surface area contributed by atoms with Crippen LogP contribution in [0.1, 0.15) is 43.5 Å². The Labute approximate surface area is 147 Å². The first-order valence-corrected chi connectivity index (χ1v) is 9.35. The van der Waals surface area contributed by atoms with Crippen LogP contribution < -0.4 is 5.32 Å². The molecule has 1 fully saturated rings. The third-order valence-electron chi connectivity index (χ3n) is 4.57. The number of nitrogens with one attached hydrogen (secondary N) is 1. The molecule has 1 aromatic carbocycles. The van der Waals surface area contributed by atoms with Gasteiger partial charge in [0, 0.05) is 30.7 Å². The molecule has 1 saturated heterocycles. The van der Waals surface area contributed by atoms with E-state index in [4.69, 9.17) is 0 Å². The van der Waals surface area contributed by atoms with Crippen molar-refractivity contribution in [3.63, 3.8) is 0 Å². The van der Waals surface area contributed by atoms with E-state index in [0.29, 0.717) is 6.04 Å². The Hall–Kier alpha value is -1.95. The van der Waals surface area contributed by atoms with E-state index in [1.54, 1.807) is 0 Å². The van der Waals surface area contributed by atoms with Crippen LogP contribution in [0.25, 0.3) is 0 Å². The van der Waals surface area contributed by atoms with Gasteiger partial charge in [0.25, 0.3) is 0 Å². The van der Waals surface area contributed by atoms with Crippen molar-refractivity contribution in [3.8, 4) is 0 Å². The van der Waals surface area contributed by atoms with Crippen LogP contribution in [-0.2, 0) is 4.79 Å². The molecule has 3 rings (SSSR count). The zero-order valence-electron chi connectivity index (χ0n) is 14.2. The molecule has 6 heteroatoms. The molecular formula is C18H24N4OS. The maximum Gasteiger partial charge on any atom is 0.230 e. The summed E-state index contributed by atoms with van der Waals surface area (Å²) in [5.74, 6) is 1.04. The second-order valence-electron chi connectivity index (χ2n) is 6.26. The van der Waals surface area contributed by atoms with E-state index in [2.05, 4.69) is 33.7 Å². The predicted molar refractivity (Wildman–Crippen MR) is 97.3 cm³/mol. The van der Waals surface area contributed by atoms with Crippen LogP contribution in [0.2, 0.25) is 0 Å². The Morgan fingerprint density at radius 1 is 1.33 bits per heavy atom. The summed E-state index contributed by atoms with van der Waals surface area (Å²) in [6.45, 7) is 5.59. The van der Waals surface area contributed by atoms with Crippen molar-refractivity contribution in [2.45, 2.75) is 45.1 Å². The van der Waals surface area contributed by atoms with E-state index in [1.165, 1.54) is 11.5 Å². The lowest BCUT2D eigenvalue weighted by Gasteiger charge is -2.34. The molecule has 0 saturated carbocycles. The Morgan fingerprint density at radius 3 is 2.62 bits per heavy atom. The second-order valence-corrected chi connectivity index (χ2v) is 7.01. The Kier molecular flexibility index (Phi) is 5.45. The Balaban J connectivity index is 1.56. The number of anilines is 1. The van der Waals surface area contributed by atoms with Gasteiger partial charge in [-0.15, -0.1) is 0 Å². The maximum absolute atomic E-state index is 12.9. The molecule has 2 heterocycles. The zero-order chi connectivity index (χ0) is 16.9. The van der Waals surface area contributed by atoms with Crippen molar-refractivity contribution in [1.29, 1.82) is 0 Å². The molecule has 1 aromatic heterocycles. The summed E-state index contributed by atoms with van der Waals surface area (Å²) in [7, 11) is 0. The standard InChI is InChI=1S/C18H24N4OS/c1-3-16(14-7-5-4-6-8-14)17(23)22-11-9-15(10-12-22)20-18-19-13(2)21-24-18/h4-8,15-16H,3,9-12H2,1-2H3,(H,19,20,21)/t16-/m1/s1. The summed E-state index contributed by atoms with van der Waals surface area (Å²) in [6, 6.07) is 10.5. The lowest BCUT2D eigenvalue weighted by atomic mass is 9.93. The predicted octanol–water partition coefficient (Wildman–Crippen LogP) is 3.44. The smallest absolute Gasteiger partial charge is 0.230 e. The van der Waals surface area contributed by atoms with E-state index >= 15 is 0 Å². The number of hydrogen-bond donors (Lipinski definition) is 1. The van der Waals surface area contributed by atoms with Crippen LogP contribution >= 0.6 is 11.5 Å². The number of benzene rings is 1. The molecule has 0 bridgehead atoms. The summed E-state index contributed by atoms with van der Waals surface area (Å²) in [6.07, 6.45) is 2.75. The third-order valence-corrected chi connectivity index (χ3v) is 5.31. The highest BCUT2D eigenvalue weighted by Gasteiger charge is 2.28. The lowest BCUT2D eigenvalue weighted by Crippen LogP contribution is -2.44. The SMILES string of the molecule is CC[C@@H](C(=O)N1CCC(Nc2nc(C)ns2)CC1)c1ccccc1. The number of carbonyl (C=O) groups excluding carboxylic acids is 1. The minimum Gasteiger partial charge on any atom is -0.357 e. The van der Waals surface area contributed by atoms with Gasteiger partial charge in [-0.25, -0.2) is 4.98 Å². The molecule has 1 aliphatic rings. The molecule has 24 heavy (non-hydrogen) atoms. The molecule has 0 aliphatic carbocycles. The number of likely N-dealkylation sites (tertiary alicyclic amines) is 1. The molecule has 0 radical (unpaired) electrons. The largest absolute Gasteiger partial charge is 0.357 e. The minimum absolute atomic E-state index is 0.0264. The topological polar surface area (TPSA) is 58.1 Å². The molecule has 128 valence electrons. The number of aryl methyl sites for hydroxylation is 1. The molecule has 1 amide bonds. The minimum atomic E-state index is -0.0264. The summed E-state index contributed by atoms with van der Waals surface area (Å²) >= 11 is 1.40. The number of piperidine rings is 1. The van der Waals surface area contributed by atoms with Crippen LogP contribution in [0.4, 0.5) is 5.13 Å². The number of hydrogen-bond acceptors (Lipinski definition) is 5. The van der Waals surface area contributed by atoms with Gasteiger partial charge in [-0.1, -0.05) is 37.3 Å². The summed E-state index contributed by atoms with van der Waals surface area (Å²) in [4.78, 5) is 19.3. The van der Waals surface area contributed by atoms with Crippen molar-refractivity contribution in [3.05, 3.63) is 41.7 Å². The first-order chi connectivity index (χ1) is 11.7. The van der Waals surface area contributed by atoms with Crippen molar-refractivity contribution in [1.82, 2.24) is 14.3 Å². The first kappa shape index (κ1) is 16.9. The molecule has 1 N–H and O–H groups in total. The van der Waals surface area contributed by atoms with Gasteiger partial charge in [-0.2, -0.15) is 4.37 Å². The van der Waals surface area contributed by atoms with Gasteiger partial charge in [0.1, 0.15) is 5.82 Å². The van der Waals surface area contributed by atoms with Gasteiger partial charge in [0.05, 0.1) is 5.92 Å². The molecule has 1 atom stereocenters. The zero-order valence-corrected chi connectivity index (χ0v) is 15.1. The van der Waals surface area contributed by atoms with Crippen LogP contribution in [0.3, 0.4) is 0 Å². The van der Waals surface area contributed by atoms with Crippen molar-refractivity contribution >= 4 is 22.6 Å². The average molecular weight is 344 g/mol. The highest BCUT2D eigenvalue weighted by atomic mass is 32.1. The summed E-state index contributed by atoms with van der Waals surface area (Å²) in [5.41, 5.74) is 1.12. The molecule has 5 nitrogen and oxygen atoms in total. The van der Waals surface area contributed by atoms with Gasteiger partial charge in [0.2, 0.25) is 11.0 Å². The molecule has 2 aromatic rings. The molecule has 1 aliphatic heterocycles. The van der Waals surface area contributed by atoms with E-state index < -0.39 is 0 Å². The number of nitrogens with zero attached hydrogens (tertiary/aromatic N) is 3. The third kappa shape index (κ3) is 3.93. The number of rotatable bonds is 5. The van der Waals surface area contributed by atoms with Crippen molar-refractivity contribution < 1.29 is 4.79 Å². The quantitative estimate of drug-likeness (QED) is 0.903. The van der Waals surface area contributed by atoms with Gasteiger partial charge in [-0.05, 0) is 31.7 Å². The summed E-state index contributed by atoms with van der Waals surface area (Å²) in [5, 5.41) is 4.33. The van der Waals surface area contributed by atoms with E-state index in [-0.39, 0.29) is 11.8 Å². The number of amides is 1. The van der Waals surface area contributed by atoms with Gasteiger partial charge in [0.15, 0.2) is 0 Å². The van der Waals surface area contributed by atoms with Gasteiger partial charge in [-0.3, -0.25) is 4.79 Å². The molecular weight excluding hydrogens is 320 g/mol. The second kappa shape index (κ2) is 7.75. The molecule has 0 spiro atoms. The highest BCUT2D eigenvalue weighted by Crippen LogP contribution is 2.25. The first-order valence-electron chi connectivity index (χ1n) is 8.58. The van der Waals surface area contributed by atoms with E-state index in [0.717, 1.165) is 48.9 Å².